The van der Waals surface area contributed by atoms with Crippen molar-refractivity contribution in [3.63, 3.8) is 0 Å². The first kappa shape index (κ1) is 18.5. The number of urea groups is 1. The van der Waals surface area contributed by atoms with E-state index in [1.807, 2.05) is 13.8 Å². The number of carbonyl (C=O) groups is 3. The molecular formula is C16H22N2O5. The van der Waals surface area contributed by atoms with Crippen LogP contribution in [-0.4, -0.2) is 38.2 Å². The molecule has 0 bridgehead atoms. The lowest BCUT2D eigenvalue weighted by Crippen LogP contribution is -2.41. The average Bonchev–Trinajstić information content (AvgIpc) is 2.53. The molecule has 7 heteroatoms. The van der Waals surface area contributed by atoms with E-state index in [9.17, 15) is 14.4 Å². The van der Waals surface area contributed by atoms with Crippen LogP contribution < -0.4 is 15.4 Å². The number of ether oxygens (including phenoxy) is 2. The van der Waals surface area contributed by atoms with Gasteiger partial charge in [0.25, 0.3) is 5.91 Å². The first-order chi connectivity index (χ1) is 11.0. The summed E-state index contributed by atoms with van der Waals surface area (Å²) in [6.45, 7) is 3.79. The van der Waals surface area contributed by atoms with Crippen molar-refractivity contribution < 1.29 is 23.9 Å². The van der Waals surface area contributed by atoms with E-state index in [1.54, 1.807) is 12.1 Å². The summed E-state index contributed by atoms with van der Waals surface area (Å²) in [7, 11) is 1.50. The molecule has 2 N–H and O–H groups in total. The van der Waals surface area contributed by atoms with Crippen molar-refractivity contribution in [2.75, 3.05) is 20.3 Å². The fraction of sp³-hybridized carbons (Fsp3) is 0.438. The number of rotatable bonds is 7. The number of nitrogens with one attached hydrogen (secondary N) is 2. The fourth-order valence-electron chi connectivity index (χ4n) is 1.75. The first-order valence-corrected chi connectivity index (χ1v) is 7.37. The molecule has 0 atom stereocenters. The van der Waals surface area contributed by atoms with Gasteiger partial charge in [-0.2, -0.15) is 0 Å². The van der Waals surface area contributed by atoms with Gasteiger partial charge in [-0.25, -0.2) is 9.59 Å². The van der Waals surface area contributed by atoms with E-state index >= 15 is 0 Å². The van der Waals surface area contributed by atoms with E-state index < -0.39 is 24.5 Å². The van der Waals surface area contributed by atoms with Crippen LogP contribution in [-0.2, 0) is 9.53 Å². The molecule has 0 heterocycles. The van der Waals surface area contributed by atoms with Crippen molar-refractivity contribution in [2.45, 2.75) is 26.7 Å². The van der Waals surface area contributed by atoms with Crippen molar-refractivity contribution in [1.82, 2.24) is 10.6 Å². The number of esters is 1. The monoisotopic (exact) mass is 322 g/mol. The quantitative estimate of drug-likeness (QED) is 0.589. The average molecular weight is 322 g/mol. The van der Waals surface area contributed by atoms with E-state index in [0.29, 0.717) is 12.3 Å². The Morgan fingerprint density at radius 3 is 2.61 bits per heavy atom. The minimum atomic E-state index is -0.688. The molecule has 0 saturated carbocycles. The van der Waals surface area contributed by atoms with Crippen LogP contribution in [0.25, 0.3) is 0 Å². The van der Waals surface area contributed by atoms with Gasteiger partial charge in [0.1, 0.15) is 5.75 Å². The molecule has 0 aliphatic heterocycles. The summed E-state index contributed by atoms with van der Waals surface area (Å²) in [6, 6.07) is 4.23. The van der Waals surface area contributed by atoms with E-state index in [4.69, 9.17) is 9.47 Å². The maximum absolute atomic E-state index is 11.9. The fourth-order valence-corrected chi connectivity index (χ4v) is 1.75. The molecule has 0 radical (unpaired) electrons. The summed E-state index contributed by atoms with van der Waals surface area (Å²) in [5.41, 5.74) is 1.15. The van der Waals surface area contributed by atoms with Crippen LogP contribution >= 0.6 is 0 Å². The summed E-state index contributed by atoms with van der Waals surface area (Å²) < 4.78 is 9.99. The second kappa shape index (κ2) is 9.45. The van der Waals surface area contributed by atoms with Crippen LogP contribution in [0.5, 0.6) is 5.75 Å². The van der Waals surface area contributed by atoms with Gasteiger partial charge >= 0.3 is 12.0 Å². The molecule has 7 nitrogen and oxygen atoms in total. The first-order valence-electron chi connectivity index (χ1n) is 7.37. The largest absolute Gasteiger partial charge is 0.496 e. The van der Waals surface area contributed by atoms with Crippen LogP contribution in [0.3, 0.4) is 0 Å². The predicted octanol–water partition coefficient (Wildman–Crippen LogP) is 1.79. The minimum absolute atomic E-state index is 0.271. The highest BCUT2D eigenvalue weighted by Crippen LogP contribution is 2.19. The number of imide groups is 1. The lowest BCUT2D eigenvalue weighted by Gasteiger charge is -2.09. The van der Waals surface area contributed by atoms with Crippen molar-refractivity contribution in [1.29, 1.82) is 0 Å². The van der Waals surface area contributed by atoms with Gasteiger partial charge in [0, 0.05) is 6.54 Å². The zero-order chi connectivity index (χ0) is 17.2. The summed E-state index contributed by atoms with van der Waals surface area (Å²) in [5.74, 6) is -0.796. The van der Waals surface area contributed by atoms with Crippen LogP contribution in [0.2, 0.25) is 0 Å². The molecule has 3 amide bonds. The smallest absolute Gasteiger partial charge is 0.338 e. The molecule has 1 aromatic rings. The van der Waals surface area contributed by atoms with Gasteiger partial charge in [0.05, 0.1) is 12.7 Å². The standard InChI is InChI=1S/C16H22N2O5/c1-4-5-8-17-16(21)18-14(19)10-23-15(20)12-7-6-11(2)13(9-12)22-3/h6-7,9H,4-5,8,10H2,1-3H3,(H2,17,18,19,21). The van der Waals surface area contributed by atoms with E-state index in [0.717, 1.165) is 18.4 Å². The molecule has 0 saturated heterocycles. The summed E-state index contributed by atoms with van der Waals surface area (Å²) in [4.78, 5) is 34.8. The van der Waals surface area contributed by atoms with Gasteiger partial charge in [0.2, 0.25) is 0 Å². The van der Waals surface area contributed by atoms with Crippen LogP contribution in [0.4, 0.5) is 4.79 Å². The number of hydrogen-bond donors (Lipinski definition) is 2. The van der Waals surface area contributed by atoms with Crippen molar-refractivity contribution in [2.24, 2.45) is 0 Å². The molecule has 0 aliphatic rings. The number of carbonyl (C=O) groups excluding carboxylic acids is 3. The van der Waals surface area contributed by atoms with Crippen molar-refractivity contribution in [3.05, 3.63) is 29.3 Å². The van der Waals surface area contributed by atoms with Gasteiger partial charge in [-0.15, -0.1) is 0 Å². The number of hydrogen-bond acceptors (Lipinski definition) is 5. The second-order valence-corrected chi connectivity index (χ2v) is 4.92. The molecule has 0 aliphatic carbocycles. The molecule has 0 spiro atoms. The number of methoxy groups -OCH3 is 1. The highest BCUT2D eigenvalue weighted by atomic mass is 16.5. The maximum atomic E-state index is 11.9. The van der Waals surface area contributed by atoms with Crippen LogP contribution in [0, 0.1) is 6.92 Å². The Hall–Kier alpha value is -2.57. The van der Waals surface area contributed by atoms with Crippen molar-refractivity contribution >= 4 is 17.9 Å². The molecule has 0 fully saturated rings. The number of aryl methyl sites for hydroxylation is 1. The normalized spacial score (nSPS) is 9.87. The van der Waals surface area contributed by atoms with Crippen LogP contribution in [0.15, 0.2) is 18.2 Å². The highest BCUT2D eigenvalue weighted by Gasteiger charge is 2.13. The zero-order valence-electron chi connectivity index (χ0n) is 13.6. The lowest BCUT2D eigenvalue weighted by atomic mass is 10.1. The maximum Gasteiger partial charge on any atom is 0.338 e. The molecule has 1 aromatic carbocycles. The Bertz CT molecular complexity index is 572. The number of unbranched alkanes of at least 4 members (excludes halogenated alkanes) is 1. The SMILES string of the molecule is CCCCNC(=O)NC(=O)COC(=O)c1ccc(C)c(OC)c1. The Morgan fingerprint density at radius 2 is 1.96 bits per heavy atom. The molecule has 23 heavy (non-hydrogen) atoms. The molecule has 126 valence electrons. The minimum Gasteiger partial charge on any atom is -0.496 e. The Kier molecular flexibility index (Phi) is 7.59. The molecule has 0 unspecified atom stereocenters. The Labute approximate surface area is 135 Å². The van der Waals surface area contributed by atoms with Gasteiger partial charge < -0.3 is 14.8 Å². The third-order valence-corrected chi connectivity index (χ3v) is 3.05. The number of benzene rings is 1. The highest BCUT2D eigenvalue weighted by molar-refractivity contribution is 5.97. The Balaban J connectivity index is 2.43. The van der Waals surface area contributed by atoms with E-state index in [2.05, 4.69) is 10.6 Å². The van der Waals surface area contributed by atoms with Gasteiger partial charge in [-0.1, -0.05) is 19.4 Å². The Morgan fingerprint density at radius 1 is 1.22 bits per heavy atom. The van der Waals surface area contributed by atoms with Gasteiger partial charge in [-0.3, -0.25) is 10.1 Å². The summed E-state index contributed by atoms with van der Waals surface area (Å²) in [5, 5.41) is 4.61. The van der Waals surface area contributed by atoms with E-state index in [-0.39, 0.29) is 5.56 Å². The topological polar surface area (TPSA) is 93.7 Å². The third kappa shape index (κ3) is 6.37. The van der Waals surface area contributed by atoms with Gasteiger partial charge in [0.15, 0.2) is 6.61 Å². The number of amides is 3. The zero-order valence-corrected chi connectivity index (χ0v) is 13.6. The molecule has 0 aromatic heterocycles. The summed E-state index contributed by atoms with van der Waals surface area (Å²) in [6.07, 6.45) is 1.76. The van der Waals surface area contributed by atoms with E-state index in [1.165, 1.54) is 13.2 Å². The van der Waals surface area contributed by atoms with Gasteiger partial charge in [-0.05, 0) is 31.0 Å². The lowest BCUT2D eigenvalue weighted by molar-refractivity contribution is -0.123. The second-order valence-electron chi connectivity index (χ2n) is 4.92. The molecule has 1 rings (SSSR count). The van der Waals surface area contributed by atoms with Crippen molar-refractivity contribution in [3.8, 4) is 5.75 Å². The van der Waals surface area contributed by atoms with Crippen LogP contribution in [0.1, 0.15) is 35.7 Å². The summed E-state index contributed by atoms with van der Waals surface area (Å²) >= 11 is 0. The third-order valence-electron chi connectivity index (χ3n) is 3.05. The molecular weight excluding hydrogens is 300 g/mol. The predicted molar refractivity (Wildman–Crippen MR) is 84.5 cm³/mol.